The van der Waals surface area contributed by atoms with E-state index in [-0.39, 0.29) is 17.9 Å². The van der Waals surface area contributed by atoms with Crippen molar-refractivity contribution < 1.29 is 9.63 Å². The quantitative estimate of drug-likeness (QED) is 0.633. The number of amides is 1. The van der Waals surface area contributed by atoms with Crippen molar-refractivity contribution in [2.24, 2.45) is 11.8 Å². The van der Waals surface area contributed by atoms with Crippen LogP contribution in [0.3, 0.4) is 0 Å². The molecule has 0 bridgehead atoms. The van der Waals surface area contributed by atoms with Gasteiger partial charge in [-0.3, -0.25) is 4.79 Å². The van der Waals surface area contributed by atoms with E-state index in [4.69, 9.17) is 10.7 Å². The van der Waals surface area contributed by atoms with E-state index in [2.05, 4.69) is 5.32 Å². The molecule has 3 N–H and O–H groups in total. The van der Waals surface area contributed by atoms with Gasteiger partial charge in [0.25, 0.3) is 0 Å². The summed E-state index contributed by atoms with van der Waals surface area (Å²) >= 11 is 0. The summed E-state index contributed by atoms with van der Waals surface area (Å²) in [5, 5.41) is 2.84. The Morgan fingerprint density at radius 2 is 2.08 bits per heavy atom. The standard InChI is InChI=1S/C9H18N2O2/c1-2-11-9(12)7-3-5-8(13-10)6-4-7/h7-8H,2-6,10H2,1H3,(H,11,12)/t7-,8+. The molecular formula is C9H18N2O2. The van der Waals surface area contributed by atoms with E-state index in [0.717, 1.165) is 25.7 Å². The van der Waals surface area contributed by atoms with Crippen LogP contribution in [0.1, 0.15) is 32.6 Å². The van der Waals surface area contributed by atoms with Gasteiger partial charge in [0, 0.05) is 12.5 Å². The molecule has 1 rings (SSSR count). The molecule has 1 amide bonds. The molecule has 1 aliphatic rings. The first-order chi connectivity index (χ1) is 6.27. The molecule has 0 radical (unpaired) electrons. The second kappa shape index (κ2) is 5.19. The van der Waals surface area contributed by atoms with Crippen LogP contribution in [-0.2, 0) is 9.63 Å². The van der Waals surface area contributed by atoms with Crippen molar-refractivity contribution >= 4 is 5.91 Å². The van der Waals surface area contributed by atoms with Crippen molar-refractivity contribution in [2.45, 2.75) is 38.7 Å². The second-order valence-corrected chi connectivity index (χ2v) is 3.50. The van der Waals surface area contributed by atoms with Crippen LogP contribution >= 0.6 is 0 Å². The Morgan fingerprint density at radius 1 is 1.46 bits per heavy atom. The molecule has 0 unspecified atom stereocenters. The molecular weight excluding hydrogens is 168 g/mol. The van der Waals surface area contributed by atoms with Crippen molar-refractivity contribution in [1.29, 1.82) is 0 Å². The molecule has 0 saturated heterocycles. The topological polar surface area (TPSA) is 64.3 Å². The van der Waals surface area contributed by atoms with Crippen molar-refractivity contribution in [3.8, 4) is 0 Å². The van der Waals surface area contributed by atoms with E-state index in [0.29, 0.717) is 6.54 Å². The van der Waals surface area contributed by atoms with Crippen LogP contribution in [0.2, 0.25) is 0 Å². The molecule has 76 valence electrons. The lowest BCUT2D eigenvalue weighted by molar-refractivity contribution is -0.126. The van der Waals surface area contributed by atoms with Gasteiger partial charge in [0.15, 0.2) is 0 Å². The van der Waals surface area contributed by atoms with E-state index in [1.54, 1.807) is 0 Å². The van der Waals surface area contributed by atoms with Gasteiger partial charge in [-0.15, -0.1) is 0 Å². The molecule has 0 spiro atoms. The lowest BCUT2D eigenvalue weighted by Gasteiger charge is -2.25. The fourth-order valence-electron chi connectivity index (χ4n) is 1.78. The van der Waals surface area contributed by atoms with Crippen LogP contribution in [0.25, 0.3) is 0 Å². The van der Waals surface area contributed by atoms with Gasteiger partial charge in [-0.25, -0.2) is 5.90 Å². The molecule has 13 heavy (non-hydrogen) atoms. The number of hydrogen-bond donors (Lipinski definition) is 2. The fraction of sp³-hybridized carbons (Fsp3) is 0.889. The first kappa shape index (κ1) is 10.5. The minimum atomic E-state index is 0.158. The Morgan fingerprint density at radius 3 is 2.54 bits per heavy atom. The minimum Gasteiger partial charge on any atom is -0.356 e. The Labute approximate surface area is 78.8 Å². The largest absolute Gasteiger partial charge is 0.356 e. The van der Waals surface area contributed by atoms with Crippen LogP contribution in [0.15, 0.2) is 0 Å². The Bertz CT molecular complexity index is 165. The zero-order valence-electron chi connectivity index (χ0n) is 8.08. The molecule has 1 aliphatic carbocycles. The zero-order valence-corrected chi connectivity index (χ0v) is 8.08. The zero-order chi connectivity index (χ0) is 9.68. The molecule has 0 heterocycles. The van der Waals surface area contributed by atoms with E-state index in [1.165, 1.54) is 0 Å². The summed E-state index contributed by atoms with van der Waals surface area (Å²) in [5.41, 5.74) is 0. The van der Waals surface area contributed by atoms with Gasteiger partial charge in [-0.1, -0.05) is 0 Å². The van der Waals surface area contributed by atoms with Crippen LogP contribution in [0, 0.1) is 5.92 Å². The van der Waals surface area contributed by atoms with Crippen molar-refractivity contribution in [1.82, 2.24) is 5.32 Å². The first-order valence-corrected chi connectivity index (χ1v) is 4.91. The summed E-state index contributed by atoms with van der Waals surface area (Å²) in [7, 11) is 0. The summed E-state index contributed by atoms with van der Waals surface area (Å²) in [5.74, 6) is 5.43. The predicted molar refractivity (Wildman–Crippen MR) is 49.7 cm³/mol. The average Bonchev–Trinajstić information content (AvgIpc) is 2.18. The Hall–Kier alpha value is -0.610. The molecule has 1 fully saturated rings. The van der Waals surface area contributed by atoms with Gasteiger partial charge < -0.3 is 10.2 Å². The number of carbonyl (C=O) groups excluding carboxylic acids is 1. The lowest BCUT2D eigenvalue weighted by atomic mass is 9.87. The molecule has 0 aromatic carbocycles. The van der Waals surface area contributed by atoms with Gasteiger partial charge >= 0.3 is 0 Å². The van der Waals surface area contributed by atoms with Gasteiger partial charge in [0.1, 0.15) is 0 Å². The number of carbonyl (C=O) groups is 1. The smallest absolute Gasteiger partial charge is 0.223 e. The number of hydrogen-bond acceptors (Lipinski definition) is 3. The van der Waals surface area contributed by atoms with Crippen LogP contribution in [-0.4, -0.2) is 18.6 Å². The summed E-state index contributed by atoms with van der Waals surface area (Å²) in [6, 6.07) is 0. The normalized spacial score (nSPS) is 28.5. The SMILES string of the molecule is CCNC(=O)[C@H]1CC[C@@H](ON)CC1. The van der Waals surface area contributed by atoms with Crippen molar-refractivity contribution in [2.75, 3.05) is 6.54 Å². The third-order valence-electron chi connectivity index (χ3n) is 2.59. The highest BCUT2D eigenvalue weighted by Crippen LogP contribution is 2.25. The highest BCUT2D eigenvalue weighted by atomic mass is 16.6. The second-order valence-electron chi connectivity index (χ2n) is 3.50. The number of nitrogens with two attached hydrogens (primary N) is 1. The molecule has 0 atom stereocenters. The predicted octanol–water partition coefficient (Wildman–Crippen LogP) is 0.572. The average molecular weight is 186 g/mol. The minimum absolute atomic E-state index is 0.158. The Balaban J connectivity index is 2.28. The molecule has 0 aliphatic heterocycles. The van der Waals surface area contributed by atoms with E-state index in [9.17, 15) is 4.79 Å². The molecule has 1 saturated carbocycles. The van der Waals surface area contributed by atoms with Gasteiger partial charge in [-0.05, 0) is 32.6 Å². The maximum atomic E-state index is 11.4. The maximum absolute atomic E-state index is 11.4. The van der Waals surface area contributed by atoms with Crippen molar-refractivity contribution in [3.63, 3.8) is 0 Å². The molecule has 0 aromatic rings. The number of nitrogens with one attached hydrogen (secondary N) is 1. The fourth-order valence-corrected chi connectivity index (χ4v) is 1.78. The first-order valence-electron chi connectivity index (χ1n) is 4.91. The summed E-state index contributed by atoms with van der Waals surface area (Å²) < 4.78 is 0. The number of rotatable bonds is 3. The van der Waals surface area contributed by atoms with Crippen LogP contribution < -0.4 is 11.2 Å². The Kier molecular flexibility index (Phi) is 4.18. The van der Waals surface area contributed by atoms with Crippen molar-refractivity contribution in [3.05, 3.63) is 0 Å². The van der Waals surface area contributed by atoms with E-state index in [1.807, 2.05) is 6.92 Å². The third-order valence-corrected chi connectivity index (χ3v) is 2.59. The highest BCUT2D eigenvalue weighted by Gasteiger charge is 2.25. The molecule has 4 heteroatoms. The molecule has 4 nitrogen and oxygen atoms in total. The summed E-state index contributed by atoms with van der Waals surface area (Å²) in [4.78, 5) is 16.2. The van der Waals surface area contributed by atoms with Gasteiger partial charge in [0.05, 0.1) is 6.10 Å². The highest BCUT2D eigenvalue weighted by molar-refractivity contribution is 5.78. The van der Waals surface area contributed by atoms with Crippen LogP contribution in [0.5, 0.6) is 0 Å². The van der Waals surface area contributed by atoms with Gasteiger partial charge in [-0.2, -0.15) is 0 Å². The van der Waals surface area contributed by atoms with E-state index < -0.39 is 0 Å². The van der Waals surface area contributed by atoms with Crippen LogP contribution in [0.4, 0.5) is 0 Å². The lowest BCUT2D eigenvalue weighted by Crippen LogP contribution is -2.35. The summed E-state index contributed by atoms with van der Waals surface area (Å²) in [6.45, 7) is 2.65. The maximum Gasteiger partial charge on any atom is 0.223 e. The van der Waals surface area contributed by atoms with E-state index >= 15 is 0 Å². The molecule has 0 aromatic heterocycles. The van der Waals surface area contributed by atoms with Gasteiger partial charge in [0.2, 0.25) is 5.91 Å². The monoisotopic (exact) mass is 186 g/mol. The summed E-state index contributed by atoms with van der Waals surface area (Å²) in [6.07, 6.45) is 3.75. The third kappa shape index (κ3) is 2.97.